The number of benzene rings is 1. The molecule has 0 aromatic heterocycles. The van der Waals surface area contributed by atoms with E-state index in [1.807, 2.05) is 0 Å². The quantitative estimate of drug-likeness (QED) is 0.648. The first-order valence-electron chi connectivity index (χ1n) is 4.38. The number of hydrogen-bond acceptors (Lipinski definition) is 3. The number of hydrogen-bond donors (Lipinski definition) is 0. The summed E-state index contributed by atoms with van der Waals surface area (Å²) in [6.07, 6.45) is 0. The van der Waals surface area contributed by atoms with Gasteiger partial charge in [-0.05, 0) is 6.07 Å². The van der Waals surface area contributed by atoms with Gasteiger partial charge in [0, 0.05) is 11.5 Å². The van der Waals surface area contributed by atoms with Gasteiger partial charge in [0.1, 0.15) is 0 Å². The lowest BCUT2D eigenvalue weighted by molar-refractivity contribution is 0.0933. The SMILES string of the molecule is CC1CS(=O)(=O)c2ccccc2C1=O. The Morgan fingerprint density at radius 2 is 1.93 bits per heavy atom. The molecule has 1 aromatic rings. The summed E-state index contributed by atoms with van der Waals surface area (Å²) in [6.45, 7) is 1.65. The number of sulfone groups is 1. The molecular weight excluding hydrogens is 200 g/mol. The first-order valence-corrected chi connectivity index (χ1v) is 6.03. The van der Waals surface area contributed by atoms with Gasteiger partial charge in [-0.3, -0.25) is 4.79 Å². The fourth-order valence-electron chi connectivity index (χ4n) is 1.70. The van der Waals surface area contributed by atoms with Crippen molar-refractivity contribution in [1.82, 2.24) is 0 Å². The van der Waals surface area contributed by atoms with Crippen LogP contribution in [0, 0.1) is 5.92 Å². The van der Waals surface area contributed by atoms with Crippen molar-refractivity contribution in [3.8, 4) is 0 Å². The highest BCUT2D eigenvalue weighted by molar-refractivity contribution is 7.91. The van der Waals surface area contributed by atoms with Crippen molar-refractivity contribution in [2.24, 2.45) is 5.92 Å². The molecule has 0 saturated heterocycles. The zero-order valence-corrected chi connectivity index (χ0v) is 8.54. The lowest BCUT2D eigenvalue weighted by Crippen LogP contribution is -2.29. The van der Waals surface area contributed by atoms with Crippen LogP contribution in [0.1, 0.15) is 17.3 Å². The van der Waals surface area contributed by atoms with Gasteiger partial charge in [0.2, 0.25) is 0 Å². The van der Waals surface area contributed by atoms with Gasteiger partial charge in [-0.1, -0.05) is 25.1 Å². The van der Waals surface area contributed by atoms with Crippen LogP contribution >= 0.6 is 0 Å². The van der Waals surface area contributed by atoms with Crippen molar-refractivity contribution in [3.63, 3.8) is 0 Å². The summed E-state index contributed by atoms with van der Waals surface area (Å²) in [5.74, 6) is -0.562. The first-order chi connectivity index (χ1) is 6.52. The van der Waals surface area contributed by atoms with E-state index in [0.29, 0.717) is 5.56 Å². The van der Waals surface area contributed by atoms with Crippen LogP contribution in [0.25, 0.3) is 0 Å². The van der Waals surface area contributed by atoms with Crippen LogP contribution in [0.2, 0.25) is 0 Å². The van der Waals surface area contributed by atoms with Crippen molar-refractivity contribution in [2.45, 2.75) is 11.8 Å². The van der Waals surface area contributed by atoms with Crippen LogP contribution in [-0.4, -0.2) is 20.0 Å². The Hall–Kier alpha value is -1.16. The normalized spacial score (nSPS) is 24.4. The third-order valence-corrected chi connectivity index (χ3v) is 4.37. The Morgan fingerprint density at radius 3 is 2.64 bits per heavy atom. The minimum atomic E-state index is -3.25. The molecule has 0 spiro atoms. The van der Waals surface area contributed by atoms with Gasteiger partial charge in [-0.25, -0.2) is 8.42 Å². The molecule has 74 valence electrons. The summed E-state index contributed by atoms with van der Waals surface area (Å²) in [5.41, 5.74) is 0.339. The molecule has 0 saturated carbocycles. The van der Waals surface area contributed by atoms with Gasteiger partial charge in [-0.15, -0.1) is 0 Å². The number of fused-ring (bicyclic) bond motifs is 1. The number of carbonyl (C=O) groups is 1. The van der Waals surface area contributed by atoms with E-state index in [9.17, 15) is 13.2 Å². The van der Waals surface area contributed by atoms with E-state index in [0.717, 1.165) is 0 Å². The van der Waals surface area contributed by atoms with Gasteiger partial charge < -0.3 is 0 Å². The van der Waals surface area contributed by atoms with Crippen LogP contribution in [0.15, 0.2) is 29.2 Å². The van der Waals surface area contributed by atoms with E-state index in [4.69, 9.17) is 0 Å². The van der Waals surface area contributed by atoms with E-state index >= 15 is 0 Å². The maximum atomic E-state index is 11.7. The number of carbonyl (C=O) groups excluding carboxylic acids is 1. The zero-order chi connectivity index (χ0) is 10.3. The molecule has 1 aliphatic rings. The maximum absolute atomic E-state index is 11.7. The topological polar surface area (TPSA) is 51.2 Å². The predicted molar refractivity (Wildman–Crippen MR) is 52.0 cm³/mol. The Kier molecular flexibility index (Phi) is 1.96. The molecule has 0 bridgehead atoms. The number of rotatable bonds is 0. The third kappa shape index (κ3) is 1.26. The maximum Gasteiger partial charge on any atom is 0.179 e. The van der Waals surface area contributed by atoms with E-state index in [1.54, 1.807) is 25.1 Å². The molecule has 3 nitrogen and oxygen atoms in total. The molecule has 1 aromatic carbocycles. The lowest BCUT2D eigenvalue weighted by Gasteiger charge is -2.19. The van der Waals surface area contributed by atoms with Crippen LogP contribution in [0.3, 0.4) is 0 Å². The van der Waals surface area contributed by atoms with Crippen LogP contribution < -0.4 is 0 Å². The summed E-state index contributed by atoms with van der Waals surface area (Å²) in [7, 11) is -3.25. The highest BCUT2D eigenvalue weighted by atomic mass is 32.2. The van der Waals surface area contributed by atoms with E-state index in [1.165, 1.54) is 6.07 Å². The fraction of sp³-hybridized carbons (Fsp3) is 0.300. The summed E-state index contributed by atoms with van der Waals surface area (Å²) in [6, 6.07) is 6.39. The Morgan fingerprint density at radius 1 is 1.29 bits per heavy atom. The van der Waals surface area contributed by atoms with Gasteiger partial charge in [-0.2, -0.15) is 0 Å². The van der Waals surface area contributed by atoms with E-state index in [-0.39, 0.29) is 16.4 Å². The second kappa shape index (κ2) is 2.92. The van der Waals surface area contributed by atoms with Crippen molar-refractivity contribution < 1.29 is 13.2 Å². The smallest absolute Gasteiger partial charge is 0.179 e. The number of ketones is 1. The molecule has 1 unspecified atom stereocenters. The van der Waals surface area contributed by atoms with Gasteiger partial charge in [0.15, 0.2) is 15.6 Å². The molecule has 0 amide bonds. The largest absolute Gasteiger partial charge is 0.294 e. The minimum absolute atomic E-state index is 0.0666. The minimum Gasteiger partial charge on any atom is -0.294 e. The Bertz CT molecular complexity index is 488. The standard InChI is InChI=1S/C10H10O3S/c1-7-6-14(12,13)9-5-3-2-4-8(9)10(7)11/h2-5,7H,6H2,1H3. The van der Waals surface area contributed by atoms with E-state index in [2.05, 4.69) is 0 Å². The van der Waals surface area contributed by atoms with Crippen molar-refractivity contribution in [2.75, 3.05) is 5.75 Å². The number of Topliss-reactive ketones (excluding diaryl/α,β-unsaturated/α-hetero) is 1. The molecular formula is C10H10O3S. The predicted octanol–water partition coefficient (Wildman–Crippen LogP) is 1.29. The molecule has 0 fully saturated rings. The highest BCUT2D eigenvalue weighted by Gasteiger charge is 2.33. The summed E-state index contributed by atoms with van der Waals surface area (Å²) < 4.78 is 23.4. The molecule has 0 aliphatic carbocycles. The highest BCUT2D eigenvalue weighted by Crippen LogP contribution is 2.27. The van der Waals surface area contributed by atoms with Crippen LogP contribution in [0.4, 0.5) is 0 Å². The molecule has 1 heterocycles. The average Bonchev–Trinajstić information content (AvgIpc) is 2.14. The average molecular weight is 210 g/mol. The molecule has 14 heavy (non-hydrogen) atoms. The third-order valence-electron chi connectivity index (χ3n) is 2.40. The molecule has 0 N–H and O–H groups in total. The second-order valence-corrected chi connectivity index (χ2v) is 5.55. The van der Waals surface area contributed by atoms with Gasteiger partial charge in [0.25, 0.3) is 0 Å². The van der Waals surface area contributed by atoms with Crippen LogP contribution in [0.5, 0.6) is 0 Å². The van der Waals surface area contributed by atoms with Gasteiger partial charge in [0.05, 0.1) is 10.6 Å². The monoisotopic (exact) mass is 210 g/mol. The molecule has 4 heteroatoms. The first kappa shape index (κ1) is 9.40. The van der Waals surface area contributed by atoms with Crippen molar-refractivity contribution in [3.05, 3.63) is 29.8 Å². The zero-order valence-electron chi connectivity index (χ0n) is 7.73. The van der Waals surface area contributed by atoms with Crippen molar-refractivity contribution >= 4 is 15.6 Å². The second-order valence-electron chi connectivity index (χ2n) is 3.54. The Balaban J connectivity index is 2.74. The molecule has 2 rings (SSSR count). The molecule has 0 radical (unpaired) electrons. The lowest BCUT2D eigenvalue weighted by atomic mass is 10.0. The summed E-state index contributed by atoms with van der Waals surface area (Å²) in [4.78, 5) is 11.8. The molecule has 1 atom stereocenters. The van der Waals surface area contributed by atoms with Crippen LogP contribution in [-0.2, 0) is 9.84 Å². The van der Waals surface area contributed by atoms with E-state index < -0.39 is 15.8 Å². The molecule has 1 aliphatic heterocycles. The van der Waals surface area contributed by atoms with Crippen molar-refractivity contribution in [1.29, 1.82) is 0 Å². The Labute approximate surface area is 82.7 Å². The van der Waals surface area contributed by atoms with Gasteiger partial charge >= 0.3 is 0 Å². The summed E-state index contributed by atoms with van der Waals surface area (Å²) in [5, 5.41) is 0. The summed E-state index contributed by atoms with van der Waals surface area (Å²) >= 11 is 0. The fourth-order valence-corrected chi connectivity index (χ4v) is 3.48.